The summed E-state index contributed by atoms with van der Waals surface area (Å²) in [6.45, 7) is 7.77. The van der Waals surface area contributed by atoms with Crippen LogP contribution in [0.2, 0.25) is 0 Å². The van der Waals surface area contributed by atoms with E-state index in [1.807, 2.05) is 12.1 Å². The number of para-hydroxylation sites is 2. The Morgan fingerprint density at radius 3 is 1.10 bits per heavy atom. The van der Waals surface area contributed by atoms with Crippen LogP contribution in [0, 0.1) is 0 Å². The molecule has 2 aliphatic rings. The molecule has 0 aliphatic carbocycles. The van der Waals surface area contributed by atoms with Crippen molar-refractivity contribution in [2.24, 2.45) is 0 Å². The van der Waals surface area contributed by atoms with E-state index < -0.39 is 0 Å². The fourth-order valence-electron chi connectivity index (χ4n) is 3.57. The quantitative estimate of drug-likeness (QED) is 0.325. The van der Waals surface area contributed by atoms with Gasteiger partial charge in [0.2, 0.25) is 0 Å². The van der Waals surface area contributed by atoms with Crippen molar-refractivity contribution in [1.29, 1.82) is 0 Å². The molecule has 2 aromatic carbocycles. The van der Waals surface area contributed by atoms with Crippen LogP contribution in [0.4, 0.5) is 11.4 Å². The van der Waals surface area contributed by atoms with Crippen LogP contribution in [0.3, 0.4) is 0 Å². The molecule has 4 rings (SSSR count). The number of thiocarbonyl (C=S) groups is 2. The molecular weight excluding hydrogens is 512 g/mol. The van der Waals surface area contributed by atoms with Gasteiger partial charge in [-0.15, -0.1) is 0 Å². The van der Waals surface area contributed by atoms with Gasteiger partial charge in [-0.2, -0.15) is 0 Å². The summed E-state index contributed by atoms with van der Waals surface area (Å²) < 4.78 is 1.20. The molecule has 2 fully saturated rings. The van der Waals surface area contributed by atoms with E-state index in [0.717, 1.165) is 52.4 Å². The third-order valence-corrected chi connectivity index (χ3v) is 6.35. The average molecular weight is 538 g/mol. The zero-order valence-electron chi connectivity index (χ0n) is 17.2. The molecule has 0 atom stereocenters. The molecule has 0 bridgehead atoms. The van der Waals surface area contributed by atoms with Gasteiger partial charge in [0, 0.05) is 63.7 Å². The Morgan fingerprint density at radius 1 is 0.548 bits per heavy atom. The van der Waals surface area contributed by atoms with Crippen LogP contribution in [0.15, 0.2) is 60.7 Å². The van der Waals surface area contributed by atoms with Gasteiger partial charge >= 0.3 is 17.1 Å². The van der Waals surface area contributed by atoms with Crippen LogP contribution < -0.4 is 9.80 Å². The summed E-state index contributed by atoms with van der Waals surface area (Å²) in [7, 11) is 0. The standard InChI is InChI=1S/2C11H14N2S2.Cu/c2*14-11(15)13-8-6-12(7-9-13)10-4-2-1-3-5-10;/h2*1-5H,6-9H2,(H,14,15);/q;;+2/p-2. The zero-order chi connectivity index (χ0) is 21.3. The van der Waals surface area contributed by atoms with Crippen LogP contribution in [-0.2, 0) is 42.3 Å². The second-order valence-electron chi connectivity index (χ2n) is 7.15. The van der Waals surface area contributed by atoms with Gasteiger partial charge in [-0.25, -0.2) is 0 Å². The Kier molecular flexibility index (Phi) is 11.2. The van der Waals surface area contributed by atoms with Gasteiger partial charge < -0.3 is 69.3 Å². The minimum Gasteiger partial charge on any atom is -0.411 e. The van der Waals surface area contributed by atoms with Gasteiger partial charge in [0.05, 0.1) is 0 Å². The Balaban J connectivity index is 0.000000213. The summed E-state index contributed by atoms with van der Waals surface area (Å²) in [6.07, 6.45) is 0. The van der Waals surface area contributed by atoms with Crippen molar-refractivity contribution in [3.63, 3.8) is 0 Å². The second kappa shape index (κ2) is 13.4. The number of hydrogen-bond acceptors (Lipinski definition) is 6. The molecule has 0 saturated carbocycles. The molecule has 2 heterocycles. The van der Waals surface area contributed by atoms with Crippen molar-refractivity contribution in [1.82, 2.24) is 9.80 Å². The molecule has 169 valence electrons. The molecule has 0 aromatic heterocycles. The molecule has 0 spiro atoms. The zero-order valence-corrected chi connectivity index (χ0v) is 21.4. The number of rotatable bonds is 2. The average Bonchev–Trinajstić information content (AvgIpc) is 2.81. The Hall–Kier alpha value is -1.22. The molecule has 2 aromatic rings. The second-order valence-corrected chi connectivity index (χ2v) is 9.21. The maximum Gasteiger partial charge on any atom is 2.00 e. The summed E-state index contributed by atoms with van der Waals surface area (Å²) in [4.78, 5) is 8.91. The SMILES string of the molecule is S=C([S-])N1CCN(c2ccccc2)CC1.S=C([S-])N1CCN(c2ccccc2)CC1.[Cu+2]. The molecule has 4 nitrogen and oxygen atoms in total. The Bertz CT molecular complexity index is 739. The van der Waals surface area contributed by atoms with E-state index in [1.54, 1.807) is 0 Å². The fourth-order valence-corrected chi connectivity index (χ4v) is 4.30. The molecule has 0 N–H and O–H groups in total. The van der Waals surface area contributed by atoms with Crippen LogP contribution >= 0.6 is 24.4 Å². The van der Waals surface area contributed by atoms with Crippen molar-refractivity contribution in [2.75, 3.05) is 62.2 Å². The predicted octanol–water partition coefficient (Wildman–Crippen LogP) is 3.28. The van der Waals surface area contributed by atoms with E-state index in [9.17, 15) is 0 Å². The van der Waals surface area contributed by atoms with E-state index in [0.29, 0.717) is 8.64 Å². The maximum atomic E-state index is 4.99. The van der Waals surface area contributed by atoms with Crippen LogP contribution in [0.5, 0.6) is 0 Å². The first-order valence-electron chi connectivity index (χ1n) is 10.1. The van der Waals surface area contributed by atoms with Crippen molar-refractivity contribution in [3.8, 4) is 0 Å². The number of benzene rings is 2. The largest absolute Gasteiger partial charge is 2.00 e. The molecule has 31 heavy (non-hydrogen) atoms. The van der Waals surface area contributed by atoms with E-state index in [2.05, 4.69) is 68.1 Å². The van der Waals surface area contributed by atoms with Gasteiger partial charge in [0.15, 0.2) is 0 Å². The van der Waals surface area contributed by atoms with Gasteiger partial charge in [0.25, 0.3) is 0 Å². The Labute approximate surface area is 218 Å². The molecule has 0 amide bonds. The van der Waals surface area contributed by atoms with Crippen LogP contribution in [-0.4, -0.2) is 70.8 Å². The molecule has 2 aliphatic heterocycles. The minimum atomic E-state index is 0. The molecule has 9 heteroatoms. The molecule has 1 radical (unpaired) electrons. The molecule has 0 unspecified atom stereocenters. The Morgan fingerprint density at radius 2 is 0.839 bits per heavy atom. The summed E-state index contributed by atoms with van der Waals surface area (Å²) in [6, 6.07) is 20.9. The van der Waals surface area contributed by atoms with Crippen molar-refractivity contribution < 1.29 is 17.1 Å². The predicted molar refractivity (Wildman–Crippen MR) is 140 cm³/mol. The topological polar surface area (TPSA) is 13.0 Å². The number of hydrogen-bond donors (Lipinski definition) is 0. The van der Waals surface area contributed by atoms with E-state index in [-0.39, 0.29) is 17.1 Å². The number of piperazine rings is 2. The molecule has 2 saturated heterocycles. The summed E-state index contributed by atoms with van der Waals surface area (Å²) in [5, 5.41) is 0. The fraction of sp³-hybridized carbons (Fsp3) is 0.364. The van der Waals surface area contributed by atoms with Crippen LogP contribution in [0.25, 0.3) is 0 Å². The third kappa shape index (κ3) is 8.00. The summed E-state index contributed by atoms with van der Waals surface area (Å²) in [5.41, 5.74) is 2.57. The normalized spacial score (nSPS) is 16.0. The third-order valence-electron chi connectivity index (χ3n) is 5.32. The van der Waals surface area contributed by atoms with E-state index >= 15 is 0 Å². The molecular formula is C22H26CuN4S4. The first-order chi connectivity index (χ1) is 14.5. The van der Waals surface area contributed by atoms with Crippen LogP contribution in [0.1, 0.15) is 0 Å². The first kappa shape index (κ1) is 26.0. The van der Waals surface area contributed by atoms with Gasteiger partial charge in [-0.3, -0.25) is 0 Å². The number of anilines is 2. The summed E-state index contributed by atoms with van der Waals surface area (Å²) in [5.74, 6) is 0. The van der Waals surface area contributed by atoms with Crippen molar-refractivity contribution in [2.45, 2.75) is 0 Å². The van der Waals surface area contributed by atoms with E-state index in [4.69, 9.17) is 49.7 Å². The van der Waals surface area contributed by atoms with Crippen molar-refractivity contribution >= 4 is 69.7 Å². The monoisotopic (exact) mass is 537 g/mol. The smallest absolute Gasteiger partial charge is 0.411 e. The number of nitrogens with zero attached hydrogens (tertiary/aromatic N) is 4. The van der Waals surface area contributed by atoms with Gasteiger partial charge in [-0.05, 0) is 24.3 Å². The maximum absolute atomic E-state index is 4.99. The first-order valence-corrected chi connectivity index (χ1v) is 11.7. The summed E-state index contributed by atoms with van der Waals surface area (Å²) >= 11 is 20.0. The van der Waals surface area contributed by atoms with Crippen molar-refractivity contribution in [3.05, 3.63) is 60.7 Å². The van der Waals surface area contributed by atoms with Gasteiger partial charge in [-0.1, -0.05) is 45.0 Å². The minimum absolute atomic E-state index is 0. The van der Waals surface area contributed by atoms with Gasteiger partial charge in [0.1, 0.15) is 0 Å². The van der Waals surface area contributed by atoms with E-state index in [1.165, 1.54) is 11.4 Å².